The fourth-order valence-corrected chi connectivity index (χ4v) is 5.55. The number of rotatable bonds is 6. The maximum atomic E-state index is 13.2. The molecule has 0 saturated carbocycles. The molecule has 0 bridgehead atoms. The topological polar surface area (TPSA) is 67.4 Å². The number of hydrogen-bond donors (Lipinski definition) is 2. The van der Waals surface area contributed by atoms with Gasteiger partial charge in [0, 0.05) is 11.8 Å². The van der Waals surface area contributed by atoms with Crippen molar-refractivity contribution in [2.24, 2.45) is 0 Å². The third-order valence-electron chi connectivity index (χ3n) is 5.70. The van der Waals surface area contributed by atoms with Gasteiger partial charge in [0.15, 0.2) is 0 Å². The van der Waals surface area contributed by atoms with Crippen LogP contribution in [0.2, 0.25) is 0 Å². The first-order valence-corrected chi connectivity index (χ1v) is 11.5. The van der Waals surface area contributed by atoms with Crippen molar-refractivity contribution in [2.45, 2.75) is 17.0 Å². The second-order valence-corrected chi connectivity index (χ2v) is 9.27. The minimum atomic E-state index is -3.71. The van der Waals surface area contributed by atoms with Gasteiger partial charge >= 0.3 is 0 Å². The van der Waals surface area contributed by atoms with Gasteiger partial charge in [-0.15, -0.1) is 0 Å². The van der Waals surface area contributed by atoms with E-state index < -0.39 is 16.1 Å². The van der Waals surface area contributed by atoms with Crippen LogP contribution in [0.5, 0.6) is 5.75 Å². The quantitative estimate of drug-likeness (QED) is 0.450. The van der Waals surface area contributed by atoms with Gasteiger partial charge in [0.05, 0.1) is 24.1 Å². The van der Waals surface area contributed by atoms with Crippen molar-refractivity contribution in [3.63, 3.8) is 0 Å². The molecule has 0 saturated heterocycles. The van der Waals surface area contributed by atoms with E-state index >= 15 is 0 Å². The summed E-state index contributed by atoms with van der Waals surface area (Å²) in [5, 5.41) is 5.72. The van der Waals surface area contributed by atoms with Crippen LogP contribution in [0, 0.1) is 0 Å². The molecule has 156 valence electrons. The summed E-state index contributed by atoms with van der Waals surface area (Å²) in [6.45, 7) is 0. The highest BCUT2D eigenvalue weighted by atomic mass is 32.2. The second kappa shape index (κ2) is 7.72. The number of sulfonamides is 1. The number of anilines is 1. The summed E-state index contributed by atoms with van der Waals surface area (Å²) in [5.41, 5.74) is 2.89. The summed E-state index contributed by atoms with van der Waals surface area (Å²) in [7, 11) is -2.08. The van der Waals surface area contributed by atoms with Crippen LogP contribution in [-0.2, 0) is 10.0 Å². The molecular formula is C25H22N2O3S. The zero-order valence-corrected chi connectivity index (χ0v) is 17.8. The first-order chi connectivity index (χ1) is 15.1. The molecule has 0 amide bonds. The Labute approximate surface area is 181 Å². The smallest absolute Gasteiger partial charge is 0.241 e. The van der Waals surface area contributed by atoms with Gasteiger partial charge in [-0.05, 0) is 46.2 Å². The van der Waals surface area contributed by atoms with Gasteiger partial charge in [-0.1, -0.05) is 60.7 Å². The summed E-state index contributed by atoms with van der Waals surface area (Å²) in [6.07, 6.45) is 0. The third kappa shape index (κ3) is 3.54. The highest BCUT2D eigenvalue weighted by Crippen LogP contribution is 2.46. The number of nitrogens with one attached hydrogen (secondary N) is 2. The van der Waals surface area contributed by atoms with Crippen LogP contribution >= 0.6 is 0 Å². The number of hydrogen-bond acceptors (Lipinski definition) is 4. The van der Waals surface area contributed by atoms with E-state index in [4.69, 9.17) is 4.74 Å². The molecule has 5 rings (SSSR count). The van der Waals surface area contributed by atoms with Crippen LogP contribution in [0.4, 0.5) is 5.69 Å². The normalized spacial score (nSPS) is 17.6. The Hall–Kier alpha value is -3.35. The molecule has 6 heteroatoms. The zero-order chi connectivity index (χ0) is 21.4. The van der Waals surface area contributed by atoms with Crippen molar-refractivity contribution in [2.75, 3.05) is 12.4 Å². The highest BCUT2D eigenvalue weighted by Gasteiger charge is 2.37. The summed E-state index contributed by atoms with van der Waals surface area (Å²) in [5.74, 6) is 0.736. The van der Waals surface area contributed by atoms with Crippen LogP contribution < -0.4 is 14.8 Å². The molecule has 0 fully saturated rings. The largest absolute Gasteiger partial charge is 0.497 e. The van der Waals surface area contributed by atoms with Gasteiger partial charge < -0.3 is 10.1 Å². The average molecular weight is 431 g/mol. The first kappa shape index (κ1) is 19.6. The van der Waals surface area contributed by atoms with Crippen molar-refractivity contribution in [3.8, 4) is 5.75 Å². The van der Waals surface area contributed by atoms with E-state index in [1.807, 2.05) is 42.5 Å². The minimum Gasteiger partial charge on any atom is -0.497 e. The summed E-state index contributed by atoms with van der Waals surface area (Å²) in [4.78, 5) is 0.248. The molecule has 0 heterocycles. The maximum absolute atomic E-state index is 13.2. The van der Waals surface area contributed by atoms with Gasteiger partial charge in [-0.25, -0.2) is 13.1 Å². The molecule has 2 atom stereocenters. The number of benzene rings is 4. The van der Waals surface area contributed by atoms with Gasteiger partial charge in [0.2, 0.25) is 10.0 Å². The Kier molecular flexibility index (Phi) is 4.88. The molecule has 1 aliphatic carbocycles. The lowest BCUT2D eigenvalue weighted by Crippen LogP contribution is -2.33. The lowest BCUT2D eigenvalue weighted by Gasteiger charge is -2.25. The second-order valence-electron chi connectivity index (χ2n) is 7.56. The van der Waals surface area contributed by atoms with Crippen LogP contribution in [0.3, 0.4) is 0 Å². The standard InChI is InChI=1S/C25H22N2O3S/c1-30-19-11-7-10-18(16-19)26-24-21-14-5-8-17-9-6-15-22(23(17)21)25(24)27-31(28,29)20-12-3-2-4-13-20/h2-16,24-27H,1H3. The number of methoxy groups -OCH3 is 1. The van der Waals surface area contributed by atoms with Gasteiger partial charge in [0.1, 0.15) is 5.75 Å². The van der Waals surface area contributed by atoms with E-state index in [9.17, 15) is 8.42 Å². The van der Waals surface area contributed by atoms with Gasteiger partial charge in [-0.2, -0.15) is 0 Å². The van der Waals surface area contributed by atoms with Crippen molar-refractivity contribution in [1.82, 2.24) is 4.72 Å². The molecule has 31 heavy (non-hydrogen) atoms. The van der Waals surface area contributed by atoms with E-state index in [-0.39, 0.29) is 10.9 Å². The fraction of sp³-hybridized carbons (Fsp3) is 0.120. The Morgan fingerprint density at radius 2 is 1.45 bits per heavy atom. The monoisotopic (exact) mass is 430 g/mol. The van der Waals surface area contributed by atoms with E-state index in [1.165, 1.54) is 0 Å². The van der Waals surface area contributed by atoms with Crippen molar-refractivity contribution < 1.29 is 13.2 Å². The van der Waals surface area contributed by atoms with Crippen LogP contribution in [0.15, 0.2) is 95.9 Å². The lowest BCUT2D eigenvalue weighted by atomic mass is 10.0. The minimum absolute atomic E-state index is 0.248. The Balaban J connectivity index is 1.59. The van der Waals surface area contributed by atoms with Gasteiger partial charge in [-0.3, -0.25) is 0 Å². The molecule has 0 aliphatic heterocycles. The third-order valence-corrected chi connectivity index (χ3v) is 7.16. The van der Waals surface area contributed by atoms with Crippen molar-refractivity contribution in [3.05, 3.63) is 102 Å². The van der Waals surface area contributed by atoms with Gasteiger partial charge in [0.25, 0.3) is 0 Å². The molecule has 1 aliphatic rings. The molecule has 4 aromatic carbocycles. The molecule has 5 nitrogen and oxygen atoms in total. The average Bonchev–Trinajstić information content (AvgIpc) is 3.09. The molecule has 2 N–H and O–H groups in total. The molecule has 0 spiro atoms. The molecule has 2 unspecified atom stereocenters. The molecule has 4 aromatic rings. The predicted octanol–water partition coefficient (Wildman–Crippen LogP) is 5.03. The highest BCUT2D eigenvalue weighted by molar-refractivity contribution is 7.89. The molecule has 0 radical (unpaired) electrons. The SMILES string of the molecule is COc1cccc(NC2c3cccc4cccc(c34)C2NS(=O)(=O)c2ccccc2)c1. The van der Waals surface area contributed by atoms with Crippen molar-refractivity contribution >= 4 is 26.5 Å². The maximum Gasteiger partial charge on any atom is 0.241 e. The van der Waals surface area contributed by atoms with Crippen LogP contribution in [0.25, 0.3) is 10.8 Å². The summed E-state index contributed by atoms with van der Waals surface area (Å²) in [6, 6.07) is 27.5. The first-order valence-electron chi connectivity index (χ1n) is 10.1. The Bertz CT molecular complexity index is 1350. The molecular weight excluding hydrogens is 408 g/mol. The summed E-state index contributed by atoms with van der Waals surface area (Å²) < 4.78 is 34.7. The fourth-order valence-electron chi connectivity index (χ4n) is 4.30. The zero-order valence-electron chi connectivity index (χ0n) is 16.9. The van der Waals surface area contributed by atoms with E-state index in [2.05, 4.69) is 28.2 Å². The predicted molar refractivity (Wildman–Crippen MR) is 123 cm³/mol. The van der Waals surface area contributed by atoms with Crippen LogP contribution in [0.1, 0.15) is 23.2 Å². The lowest BCUT2D eigenvalue weighted by molar-refractivity contribution is 0.415. The summed E-state index contributed by atoms with van der Waals surface area (Å²) >= 11 is 0. The number of ether oxygens (including phenoxy) is 1. The molecule has 0 aromatic heterocycles. The van der Waals surface area contributed by atoms with Crippen LogP contribution in [-0.4, -0.2) is 15.5 Å². The van der Waals surface area contributed by atoms with E-state index in [0.717, 1.165) is 33.3 Å². The Morgan fingerprint density at radius 1 is 0.774 bits per heavy atom. The Morgan fingerprint density at radius 3 is 2.16 bits per heavy atom. The van der Waals surface area contributed by atoms with E-state index in [0.29, 0.717) is 0 Å². The van der Waals surface area contributed by atoms with E-state index in [1.54, 1.807) is 37.4 Å². The van der Waals surface area contributed by atoms with Crippen molar-refractivity contribution in [1.29, 1.82) is 0 Å².